The van der Waals surface area contributed by atoms with Gasteiger partial charge in [-0.15, -0.1) is 34.0 Å². The summed E-state index contributed by atoms with van der Waals surface area (Å²) in [5.41, 5.74) is 13.1. The molecule has 728 valence electrons. The number of nitrogens with one attached hydrogen (secondary N) is 1. The molecule has 20 rings (SSSR count). The van der Waals surface area contributed by atoms with E-state index >= 15 is 0 Å². The van der Waals surface area contributed by atoms with Crippen LogP contribution in [0.2, 0.25) is 0 Å². The zero-order chi connectivity index (χ0) is 95.7. The van der Waals surface area contributed by atoms with E-state index in [1.807, 2.05) is 157 Å². The van der Waals surface area contributed by atoms with Gasteiger partial charge in [-0.1, -0.05) is 128 Å². The van der Waals surface area contributed by atoms with Crippen LogP contribution in [0.25, 0.3) is 30.3 Å². The molecule has 138 heavy (non-hydrogen) atoms. The summed E-state index contributed by atoms with van der Waals surface area (Å²) in [6, 6.07) is 59.4. The molecule has 1 amide bonds. The number of pyridine rings is 3. The first-order valence-electron chi connectivity index (χ1n) is 44.2. The molecule has 7 saturated carbocycles. The second-order valence-corrected chi connectivity index (χ2v) is 37.5. The number of halogens is 1. The number of aromatic nitrogens is 3. The molecule has 23 nitrogen and oxygen atoms in total. The van der Waals surface area contributed by atoms with Gasteiger partial charge in [0.25, 0.3) is 5.91 Å². The number of aliphatic hydroxyl groups is 4. The number of ether oxygens (including phenoxy) is 7. The summed E-state index contributed by atoms with van der Waals surface area (Å²) in [7, 11) is 9.12. The molecule has 7 aliphatic carbocycles. The number of fused-ring (bicyclic) bond motifs is 3. The van der Waals surface area contributed by atoms with Crippen molar-refractivity contribution in [3.63, 3.8) is 0 Å². The van der Waals surface area contributed by atoms with Crippen LogP contribution in [0.5, 0.6) is 57.5 Å². The molecule has 30 heteroatoms. The van der Waals surface area contributed by atoms with E-state index in [0.717, 1.165) is 140 Å². The van der Waals surface area contributed by atoms with Crippen molar-refractivity contribution in [3.8, 4) is 57.5 Å². The molecular weight excluding hydrogens is 1940 g/mol. The number of benzene rings is 7. The predicted molar refractivity (Wildman–Crippen MR) is 557 cm³/mol. The summed E-state index contributed by atoms with van der Waals surface area (Å²) >= 11 is 10.4. The Morgan fingerprint density at radius 3 is 0.848 bits per heavy atom. The fraction of sp³-hybridized carbons (Fsp3) is 0.370. The molecule has 0 bridgehead atoms. The van der Waals surface area contributed by atoms with Crippen molar-refractivity contribution in [2.75, 3.05) is 74.7 Å². The van der Waals surface area contributed by atoms with Gasteiger partial charge in [0.1, 0.15) is 50.0 Å². The SMILES string of the molecule is C.C.C.CCC1(c2ccc(O)cc2)CC1.CCC1(c2ccc(Oc3cncc4sc(C(=O)OC)cc34)cc2)CC1.CC[S-].CN.CNC(=O)c1cc2c(Oc3ccc(C4(CO)CC4)cc3)cncc2s1.COC(=O)c1cc2c(Oc3ccc(C4(CO)CC4)cc3)cncc2s1.COc1ccc(C2(C(=O)O)CC2)cc1.COc1ccc(C2(CO)CC2)cc1.OCC1(c2ccc(O)cc2)CC1.[CH2-]I.[Li+].[Na+]. The number of carbonyl (C=O) groups is 4. The minimum Gasteiger partial charge on any atom is -0.793 e. The maximum atomic E-state index is 11.8. The number of rotatable bonds is 25. The minimum atomic E-state index is -0.720. The molecular formula is C108H130ILiN5NaO18S4. The number of hydrogen-bond donors (Lipinski definition) is 9. The number of aliphatic carboxylic acids is 1. The van der Waals surface area contributed by atoms with Gasteiger partial charge in [-0.2, -0.15) is 5.75 Å². The zero-order valence-corrected chi connectivity index (χ0v) is 85.9. The molecule has 0 radical (unpaired) electrons. The third-order valence-corrected chi connectivity index (χ3v) is 28.9. The quantitative estimate of drug-likeness (QED) is 0.00843. The van der Waals surface area contributed by atoms with Gasteiger partial charge in [0, 0.05) is 63.5 Å². The molecule has 0 saturated heterocycles. The van der Waals surface area contributed by atoms with E-state index in [1.54, 1.807) is 107 Å². The average molecular weight is 2070 g/mol. The molecule has 7 aromatic carbocycles. The number of esters is 2. The van der Waals surface area contributed by atoms with Crippen LogP contribution in [0.1, 0.15) is 214 Å². The van der Waals surface area contributed by atoms with Gasteiger partial charge in [-0.25, -0.2) is 9.59 Å². The smallest absolute Gasteiger partial charge is 0.793 e. The van der Waals surface area contributed by atoms with Crippen LogP contribution in [0.15, 0.2) is 225 Å². The first-order chi connectivity index (χ1) is 64.4. The predicted octanol–water partition coefficient (Wildman–Crippen LogP) is 17.7. The molecule has 6 aromatic heterocycles. The third-order valence-electron chi connectivity index (χ3n) is 25.7. The Morgan fingerprint density at radius 2 is 0.630 bits per heavy atom. The van der Waals surface area contributed by atoms with E-state index in [0.29, 0.717) is 60.0 Å². The molecule has 7 aliphatic rings. The number of methoxy groups -OCH3 is 4. The van der Waals surface area contributed by atoms with Crippen molar-refractivity contribution < 1.29 is 136 Å². The molecule has 10 N–H and O–H groups in total. The van der Waals surface area contributed by atoms with Crippen LogP contribution in [0.4, 0.5) is 0 Å². The molecule has 0 unspecified atom stereocenters. The van der Waals surface area contributed by atoms with Crippen molar-refractivity contribution >= 4 is 123 Å². The van der Waals surface area contributed by atoms with E-state index in [1.165, 1.54) is 110 Å². The van der Waals surface area contributed by atoms with Crippen molar-refractivity contribution in [2.45, 2.75) is 184 Å². The summed E-state index contributed by atoms with van der Waals surface area (Å²) in [5, 5.41) is 69.8. The zero-order valence-electron chi connectivity index (χ0n) is 78.5. The molecule has 13 aromatic rings. The second kappa shape index (κ2) is 54.2. The van der Waals surface area contributed by atoms with Gasteiger partial charge >= 0.3 is 66.3 Å². The minimum absolute atomic E-state index is 0. The van der Waals surface area contributed by atoms with Crippen molar-refractivity contribution in [2.24, 2.45) is 5.73 Å². The monoisotopic (exact) mass is 2070 g/mol. The Labute approximate surface area is 877 Å². The van der Waals surface area contributed by atoms with Gasteiger partial charge in [0.2, 0.25) is 0 Å². The van der Waals surface area contributed by atoms with Crippen LogP contribution >= 0.6 is 56.6 Å². The number of thiophene rings is 3. The number of phenols is 2. The van der Waals surface area contributed by atoms with E-state index in [9.17, 15) is 34.5 Å². The molecule has 7 fully saturated rings. The molecule has 6 heterocycles. The van der Waals surface area contributed by atoms with Gasteiger partial charge in [0.15, 0.2) is 17.2 Å². The standard InChI is InChI=1S/C20H19NO3S.C19H18N2O3S.C19H17NO4S.C11H12O3.C11H14O2.C11H14O.C10H12O2.C2H6S.CH2I.CH5N.3CH4.Li.Na/c1-3-20(8-9-20)13-4-6-14(7-5-13)24-16-11-21-12-18-15(16)10-17(25-18)19(22)23-2;1-20-18(23)16-8-14-15(9-21-10-17(14)25-16)24-13-4-2-12(3-5-13)19(11-22)6-7-19;1-23-18(22)16-8-14-15(9-20-10-17(14)25-16)24-13-4-2-12(3-5-13)19(11-21)6-7-19;1-14-9-4-2-8(3-5-9)11(6-7-11)10(12)13;1-13-10-4-2-9(3-5-10)11(8-12)6-7-11;1-2-11(7-8-11)9-3-5-10(12)6-4-9;11-7-10(5-6-10)8-1-3-9(12)4-2-8;1-2-3;2*1-2;;;;;/h4-7,10-12H,3,8-9H2,1-2H3;2-5,8-10,22H,6-7,11H2,1H3,(H,20,23);2-5,8-10,21H,6-7,11H2,1H3;2-5H,6-7H2,1H3,(H,12,13);2-5,12H,6-8H2,1H3;3-6,12H,2,7-8H2,1H3;1-4,11-12H,5-7H2;3H,2H2,1H3;1H2;2H2,1H3;3*1H4;;/q;;;;;;;;-1;;;;;2*+1/p-1. The fourth-order valence-electron chi connectivity index (χ4n) is 15.7. The fourth-order valence-corrected chi connectivity index (χ4v) is 18.6. The number of carbonyl (C=O) groups excluding carboxylic acids is 3. The van der Waals surface area contributed by atoms with Crippen molar-refractivity contribution in [1.82, 2.24) is 20.3 Å². The third kappa shape index (κ3) is 29.3. The van der Waals surface area contributed by atoms with Crippen LogP contribution in [-0.2, 0) is 64.8 Å². The number of carboxylic acid groups (broad SMARTS) is 1. The number of carboxylic acids is 1. The molecule has 0 spiro atoms. The first kappa shape index (κ1) is 118. The van der Waals surface area contributed by atoms with Gasteiger partial charge in [-0.3, -0.25) is 29.5 Å². The van der Waals surface area contributed by atoms with Gasteiger partial charge < -0.3 is 115 Å². The Kier molecular flexibility index (Phi) is 46.1. The average Bonchev–Trinajstić information content (AvgIpc) is 1.60. The van der Waals surface area contributed by atoms with Crippen LogP contribution < -0.4 is 83.2 Å². The number of nitrogens with two attached hydrogens (primary N) is 1. The van der Waals surface area contributed by atoms with Gasteiger partial charge in [0.05, 0.1) is 97.8 Å². The first-order valence-corrected chi connectivity index (χ1v) is 48.8. The largest absolute Gasteiger partial charge is 1.00 e. The number of aromatic hydroxyl groups is 2. The normalized spacial score (nSPS) is 15.3. The molecule has 0 atom stereocenters. The van der Waals surface area contributed by atoms with Crippen LogP contribution in [0, 0.1) is 4.93 Å². The Bertz CT molecular complexity index is 5540. The number of aliphatic hydroxyl groups excluding tert-OH is 4. The Balaban J connectivity index is 0.000000248. The second-order valence-electron chi connectivity index (χ2n) is 33.7. The number of hydrogen-bond acceptors (Lipinski definition) is 25. The summed E-state index contributed by atoms with van der Waals surface area (Å²) < 4.78 is 40.3. The Hall–Kier alpha value is -9.17. The summed E-state index contributed by atoms with van der Waals surface area (Å²) in [5.74, 6) is 5.62. The summed E-state index contributed by atoms with van der Waals surface area (Å²) in [6.45, 7) is 7.28. The van der Waals surface area contributed by atoms with Crippen molar-refractivity contribution in [3.05, 3.63) is 284 Å². The van der Waals surface area contributed by atoms with Crippen LogP contribution in [0.3, 0.4) is 0 Å². The number of amides is 1. The van der Waals surface area contributed by atoms with E-state index in [-0.39, 0.29) is 142 Å². The van der Waals surface area contributed by atoms with Crippen molar-refractivity contribution in [1.29, 1.82) is 0 Å². The number of phenolic OH excluding ortho intramolecular Hbond substituents is 2. The van der Waals surface area contributed by atoms with Gasteiger partial charge in [-0.05, 0) is 263 Å². The summed E-state index contributed by atoms with van der Waals surface area (Å²) in [6.07, 6.45) is 27.7. The molecule has 0 aliphatic heterocycles. The summed E-state index contributed by atoms with van der Waals surface area (Å²) in [4.78, 5) is 63.8. The maximum absolute atomic E-state index is 11.8. The van der Waals surface area contributed by atoms with Crippen LogP contribution in [-0.4, -0.2) is 149 Å². The van der Waals surface area contributed by atoms with E-state index < -0.39 is 11.4 Å². The Morgan fingerprint density at radius 1 is 0.399 bits per heavy atom. The number of nitrogens with zero attached hydrogens (tertiary/aromatic N) is 3. The van der Waals surface area contributed by atoms with E-state index in [2.05, 4.69) is 69.5 Å². The maximum Gasteiger partial charge on any atom is 1.00 e. The van der Waals surface area contributed by atoms with E-state index in [4.69, 9.17) is 53.6 Å². The topological polar surface area (TPSA) is 351 Å².